The highest BCUT2D eigenvalue weighted by Crippen LogP contribution is 2.31. The molecule has 0 atom stereocenters. The fourth-order valence-corrected chi connectivity index (χ4v) is 5.20. The van der Waals surface area contributed by atoms with E-state index in [-0.39, 0.29) is 11.8 Å². The van der Waals surface area contributed by atoms with E-state index in [1.54, 1.807) is 30.8 Å². The van der Waals surface area contributed by atoms with Gasteiger partial charge in [-0.2, -0.15) is 10.4 Å². The minimum atomic E-state index is -0.00117. The topological polar surface area (TPSA) is 110 Å². The molecule has 2 fully saturated rings. The molecular weight excluding hydrogens is 508 g/mol. The lowest BCUT2D eigenvalue weighted by atomic mass is 10.1. The summed E-state index contributed by atoms with van der Waals surface area (Å²) in [6.07, 6.45) is 5.16. The van der Waals surface area contributed by atoms with Crippen molar-refractivity contribution in [2.45, 2.75) is 13.8 Å². The zero-order chi connectivity index (χ0) is 28.2. The third kappa shape index (κ3) is 5.77. The fourth-order valence-electron chi connectivity index (χ4n) is 5.20. The first-order valence-electron chi connectivity index (χ1n) is 13.5. The number of amides is 2. The van der Waals surface area contributed by atoms with Crippen molar-refractivity contribution < 1.29 is 14.3 Å². The van der Waals surface area contributed by atoms with Crippen molar-refractivity contribution in [3.8, 4) is 22.9 Å². The molecule has 40 heavy (non-hydrogen) atoms. The molecule has 2 amide bonds. The normalized spacial score (nSPS) is 16.2. The highest BCUT2D eigenvalue weighted by atomic mass is 16.5. The number of aromatic nitrogens is 3. The molecule has 3 aromatic heterocycles. The molecule has 0 aromatic carbocycles. The van der Waals surface area contributed by atoms with Crippen molar-refractivity contribution in [3.05, 3.63) is 54.5 Å². The lowest BCUT2D eigenvalue weighted by molar-refractivity contribution is -0.130. The SMILES string of the molecule is C=C(C)C(=O)N1CCN(c2ccc(-c3cc(OCCN4CCN(C(C)=O)CC4)cn4ncc(C#N)c34)cn2)CC1. The maximum absolute atomic E-state index is 12.2. The number of hydrogen-bond acceptors (Lipinski definition) is 8. The van der Waals surface area contributed by atoms with Crippen LogP contribution >= 0.6 is 0 Å². The van der Waals surface area contributed by atoms with Gasteiger partial charge in [-0.15, -0.1) is 0 Å². The molecule has 2 aliphatic heterocycles. The van der Waals surface area contributed by atoms with E-state index < -0.39 is 0 Å². The molecule has 208 valence electrons. The number of ether oxygens (including phenoxy) is 1. The Kier molecular flexibility index (Phi) is 7.98. The average molecular weight is 543 g/mol. The molecule has 0 unspecified atom stereocenters. The summed E-state index contributed by atoms with van der Waals surface area (Å²) in [5.41, 5.74) is 3.41. The summed E-state index contributed by atoms with van der Waals surface area (Å²) < 4.78 is 7.81. The van der Waals surface area contributed by atoms with E-state index in [1.165, 1.54) is 0 Å². The summed E-state index contributed by atoms with van der Waals surface area (Å²) in [4.78, 5) is 36.7. The molecule has 0 spiro atoms. The van der Waals surface area contributed by atoms with Crippen LogP contribution in [0, 0.1) is 11.3 Å². The van der Waals surface area contributed by atoms with Crippen LogP contribution in [-0.4, -0.2) is 107 Å². The standard InChI is InChI=1S/C29H34N8O3/c1-21(2)29(39)36-12-10-35(11-13-36)27-5-4-23(18-31-27)26-16-25(20-37-28(26)24(17-30)19-32-37)40-15-14-33-6-8-34(9-7-33)22(3)38/h4-5,16,18-20H,1,6-15H2,2-3H3. The molecule has 11 nitrogen and oxygen atoms in total. The molecule has 0 aliphatic carbocycles. The highest BCUT2D eigenvalue weighted by molar-refractivity contribution is 5.92. The van der Waals surface area contributed by atoms with Gasteiger partial charge in [-0.05, 0) is 25.1 Å². The van der Waals surface area contributed by atoms with Gasteiger partial charge in [0.1, 0.15) is 24.2 Å². The molecule has 0 saturated carbocycles. The van der Waals surface area contributed by atoms with E-state index in [4.69, 9.17) is 9.72 Å². The minimum absolute atomic E-state index is 0.00117. The number of pyridine rings is 2. The first-order valence-corrected chi connectivity index (χ1v) is 13.5. The van der Waals surface area contributed by atoms with Gasteiger partial charge >= 0.3 is 0 Å². The van der Waals surface area contributed by atoms with Crippen molar-refractivity contribution in [2.24, 2.45) is 0 Å². The van der Waals surface area contributed by atoms with Crippen LogP contribution < -0.4 is 9.64 Å². The second kappa shape index (κ2) is 11.8. The van der Waals surface area contributed by atoms with E-state index >= 15 is 0 Å². The van der Waals surface area contributed by atoms with Gasteiger partial charge in [-0.25, -0.2) is 9.50 Å². The number of fused-ring (bicyclic) bond motifs is 1. The second-order valence-corrected chi connectivity index (χ2v) is 10.2. The minimum Gasteiger partial charge on any atom is -0.491 e. The Hall–Kier alpha value is -4.43. The average Bonchev–Trinajstić information content (AvgIpc) is 3.40. The monoisotopic (exact) mass is 542 g/mol. The Morgan fingerprint density at radius 1 is 1.02 bits per heavy atom. The van der Waals surface area contributed by atoms with Crippen LogP contribution in [0.1, 0.15) is 19.4 Å². The number of hydrogen-bond donors (Lipinski definition) is 0. The van der Waals surface area contributed by atoms with E-state index in [1.807, 2.05) is 34.2 Å². The first kappa shape index (κ1) is 27.1. The Morgan fingerprint density at radius 3 is 2.38 bits per heavy atom. The van der Waals surface area contributed by atoms with Gasteiger partial charge in [0.05, 0.1) is 23.5 Å². The number of piperazine rings is 2. The van der Waals surface area contributed by atoms with Crippen LogP contribution in [0.15, 0.2) is 48.9 Å². The molecular formula is C29H34N8O3. The van der Waals surface area contributed by atoms with Crippen LogP contribution in [0.4, 0.5) is 5.82 Å². The third-order valence-corrected chi connectivity index (χ3v) is 7.52. The highest BCUT2D eigenvalue weighted by Gasteiger charge is 2.23. The number of carbonyl (C=O) groups is 2. The van der Waals surface area contributed by atoms with E-state index in [0.29, 0.717) is 55.2 Å². The Balaban J connectivity index is 1.28. The van der Waals surface area contributed by atoms with Gasteiger partial charge in [-0.3, -0.25) is 14.5 Å². The van der Waals surface area contributed by atoms with Crippen molar-refractivity contribution in [2.75, 3.05) is 70.4 Å². The molecule has 0 radical (unpaired) electrons. The van der Waals surface area contributed by atoms with Crippen LogP contribution in [0.5, 0.6) is 5.75 Å². The number of nitriles is 1. The molecule has 2 aliphatic rings. The number of anilines is 1. The zero-order valence-corrected chi connectivity index (χ0v) is 23.0. The Morgan fingerprint density at radius 2 is 1.75 bits per heavy atom. The van der Waals surface area contributed by atoms with Crippen LogP contribution in [0.25, 0.3) is 16.6 Å². The van der Waals surface area contributed by atoms with Gasteiger partial charge in [0.25, 0.3) is 0 Å². The van der Waals surface area contributed by atoms with Crippen LogP contribution in [0.2, 0.25) is 0 Å². The molecule has 2 saturated heterocycles. The first-order chi connectivity index (χ1) is 19.3. The van der Waals surface area contributed by atoms with E-state index in [0.717, 1.165) is 49.7 Å². The summed E-state index contributed by atoms with van der Waals surface area (Å²) in [6, 6.07) is 8.14. The lowest BCUT2D eigenvalue weighted by Crippen LogP contribution is -2.49. The van der Waals surface area contributed by atoms with E-state index in [9.17, 15) is 14.9 Å². The zero-order valence-electron chi connectivity index (χ0n) is 23.0. The van der Waals surface area contributed by atoms with Gasteiger partial charge in [-0.1, -0.05) is 6.58 Å². The summed E-state index contributed by atoms with van der Waals surface area (Å²) in [6.45, 7) is 14.1. The quantitative estimate of drug-likeness (QED) is 0.417. The fraction of sp³-hybridized carbons (Fsp3) is 0.414. The summed E-state index contributed by atoms with van der Waals surface area (Å²) in [5.74, 6) is 1.61. The third-order valence-electron chi connectivity index (χ3n) is 7.52. The van der Waals surface area contributed by atoms with Crippen molar-refractivity contribution in [3.63, 3.8) is 0 Å². The smallest absolute Gasteiger partial charge is 0.249 e. The molecule has 3 aromatic rings. The van der Waals surface area contributed by atoms with Crippen molar-refractivity contribution in [1.82, 2.24) is 29.3 Å². The number of rotatable bonds is 7. The summed E-state index contributed by atoms with van der Waals surface area (Å²) >= 11 is 0. The molecule has 5 rings (SSSR count). The molecule has 0 bridgehead atoms. The number of carbonyl (C=O) groups excluding carboxylic acids is 2. The lowest BCUT2D eigenvalue weighted by Gasteiger charge is -2.35. The summed E-state index contributed by atoms with van der Waals surface area (Å²) in [7, 11) is 0. The maximum atomic E-state index is 12.2. The van der Waals surface area contributed by atoms with Crippen molar-refractivity contribution >= 4 is 23.1 Å². The Bertz CT molecular complexity index is 1440. The van der Waals surface area contributed by atoms with Gasteiger partial charge in [0, 0.05) is 88.7 Å². The van der Waals surface area contributed by atoms with Crippen LogP contribution in [0.3, 0.4) is 0 Å². The van der Waals surface area contributed by atoms with Gasteiger partial charge in [0.15, 0.2) is 0 Å². The Labute approximate surface area is 233 Å². The summed E-state index contributed by atoms with van der Waals surface area (Å²) in [5, 5.41) is 14.1. The largest absolute Gasteiger partial charge is 0.491 e. The van der Waals surface area contributed by atoms with Gasteiger partial charge in [0.2, 0.25) is 11.8 Å². The van der Waals surface area contributed by atoms with Crippen molar-refractivity contribution in [1.29, 1.82) is 5.26 Å². The second-order valence-electron chi connectivity index (χ2n) is 10.2. The molecule has 11 heteroatoms. The maximum Gasteiger partial charge on any atom is 0.249 e. The predicted molar refractivity (Wildman–Crippen MR) is 151 cm³/mol. The van der Waals surface area contributed by atoms with Crippen LogP contribution in [-0.2, 0) is 9.59 Å². The number of nitrogens with zero attached hydrogens (tertiary/aromatic N) is 8. The van der Waals surface area contributed by atoms with E-state index in [2.05, 4.69) is 27.5 Å². The molecule has 0 N–H and O–H groups in total. The van der Waals surface area contributed by atoms with Gasteiger partial charge < -0.3 is 19.4 Å². The predicted octanol–water partition coefficient (Wildman–Crippen LogP) is 2.04. The molecule has 5 heterocycles.